The van der Waals surface area contributed by atoms with Gasteiger partial charge >= 0.3 is 11.8 Å². The molecule has 1 aromatic rings. The summed E-state index contributed by atoms with van der Waals surface area (Å²) in [5.41, 5.74) is 1.68. The molecular formula is C21H29N3O3. The molecule has 3 atom stereocenters. The molecule has 2 bridgehead atoms. The first kappa shape index (κ1) is 18.3. The van der Waals surface area contributed by atoms with E-state index in [9.17, 15) is 9.59 Å². The summed E-state index contributed by atoms with van der Waals surface area (Å²) in [6.07, 6.45) is 6.41. The minimum absolute atomic E-state index is 0.546. The summed E-state index contributed by atoms with van der Waals surface area (Å²) in [5, 5.41) is 5.51. The number of anilines is 2. The van der Waals surface area contributed by atoms with Crippen LogP contribution in [0, 0.1) is 17.8 Å². The van der Waals surface area contributed by atoms with E-state index in [-0.39, 0.29) is 0 Å². The Morgan fingerprint density at radius 2 is 1.96 bits per heavy atom. The Morgan fingerprint density at radius 1 is 1.11 bits per heavy atom. The number of hydrogen-bond acceptors (Lipinski definition) is 4. The first-order valence-corrected chi connectivity index (χ1v) is 10.2. The normalized spacial score (nSPS) is 26.8. The van der Waals surface area contributed by atoms with Crippen molar-refractivity contribution >= 4 is 23.2 Å². The number of nitrogens with one attached hydrogen (secondary N) is 2. The Labute approximate surface area is 160 Å². The van der Waals surface area contributed by atoms with Gasteiger partial charge in [-0.05, 0) is 61.6 Å². The van der Waals surface area contributed by atoms with Gasteiger partial charge in [0, 0.05) is 31.0 Å². The third kappa shape index (κ3) is 4.43. The standard InChI is InChI=1S/C21H29N3O3/c25-20(22-7-6-17-13-15-4-5-16(17)12-15)21(26)23-18-2-1-3-19(14-18)24-8-10-27-11-9-24/h1-3,14-17H,4-13H2,(H,22,25)(H,23,26). The molecule has 2 aliphatic carbocycles. The van der Waals surface area contributed by atoms with Crippen LogP contribution in [-0.4, -0.2) is 44.7 Å². The van der Waals surface area contributed by atoms with Gasteiger partial charge in [-0.25, -0.2) is 0 Å². The van der Waals surface area contributed by atoms with Crippen LogP contribution in [-0.2, 0) is 14.3 Å². The molecular weight excluding hydrogens is 342 g/mol. The molecule has 0 radical (unpaired) electrons. The third-order valence-electron chi connectivity index (χ3n) is 6.37. The van der Waals surface area contributed by atoms with Crippen LogP contribution >= 0.6 is 0 Å². The number of morpholine rings is 1. The lowest BCUT2D eigenvalue weighted by atomic mass is 9.86. The fourth-order valence-electron chi connectivity index (χ4n) is 4.97. The average molecular weight is 371 g/mol. The Kier molecular flexibility index (Phi) is 5.62. The topological polar surface area (TPSA) is 70.7 Å². The fourth-order valence-corrected chi connectivity index (χ4v) is 4.97. The van der Waals surface area contributed by atoms with Crippen molar-refractivity contribution in [2.45, 2.75) is 32.1 Å². The Hall–Kier alpha value is -2.08. The van der Waals surface area contributed by atoms with E-state index in [0.29, 0.717) is 25.4 Å². The molecule has 1 saturated heterocycles. The number of ether oxygens (including phenoxy) is 1. The maximum absolute atomic E-state index is 12.2. The number of benzene rings is 1. The van der Waals surface area contributed by atoms with Crippen molar-refractivity contribution in [2.75, 3.05) is 43.1 Å². The van der Waals surface area contributed by atoms with Crippen LogP contribution < -0.4 is 15.5 Å². The predicted molar refractivity (Wildman–Crippen MR) is 105 cm³/mol. The molecule has 1 aromatic carbocycles. The largest absolute Gasteiger partial charge is 0.378 e. The molecule has 27 heavy (non-hydrogen) atoms. The smallest absolute Gasteiger partial charge is 0.313 e. The SMILES string of the molecule is O=C(NCCC1CC2CCC1C2)C(=O)Nc1cccc(N2CCOCC2)c1. The summed E-state index contributed by atoms with van der Waals surface area (Å²) in [4.78, 5) is 26.5. The molecule has 2 saturated carbocycles. The number of fused-ring (bicyclic) bond motifs is 2. The van der Waals surface area contributed by atoms with E-state index in [1.807, 2.05) is 24.3 Å². The second-order valence-electron chi connectivity index (χ2n) is 8.08. The molecule has 0 aromatic heterocycles. The number of nitrogens with zero attached hydrogens (tertiary/aromatic N) is 1. The van der Waals surface area contributed by atoms with Gasteiger partial charge < -0.3 is 20.3 Å². The van der Waals surface area contributed by atoms with Crippen molar-refractivity contribution in [2.24, 2.45) is 17.8 Å². The number of carbonyl (C=O) groups excluding carboxylic acids is 2. The highest BCUT2D eigenvalue weighted by atomic mass is 16.5. The molecule has 6 nitrogen and oxygen atoms in total. The summed E-state index contributed by atoms with van der Waals surface area (Å²) < 4.78 is 5.37. The third-order valence-corrected chi connectivity index (χ3v) is 6.37. The highest BCUT2D eigenvalue weighted by Gasteiger charge is 2.38. The summed E-state index contributed by atoms with van der Waals surface area (Å²) in [5.74, 6) is 1.36. The Balaban J connectivity index is 1.24. The first-order valence-electron chi connectivity index (χ1n) is 10.2. The van der Waals surface area contributed by atoms with Crippen molar-refractivity contribution in [3.05, 3.63) is 24.3 Å². The number of carbonyl (C=O) groups is 2. The molecule has 4 rings (SSSR count). The maximum Gasteiger partial charge on any atom is 0.313 e. The highest BCUT2D eigenvalue weighted by molar-refractivity contribution is 6.39. The number of amides is 2. The second kappa shape index (κ2) is 8.30. The zero-order chi connectivity index (χ0) is 18.6. The molecule has 1 heterocycles. The van der Waals surface area contributed by atoms with Gasteiger partial charge in [0.15, 0.2) is 0 Å². The van der Waals surface area contributed by atoms with Gasteiger partial charge in [-0.2, -0.15) is 0 Å². The highest BCUT2D eigenvalue weighted by Crippen LogP contribution is 2.49. The van der Waals surface area contributed by atoms with Crippen LogP contribution in [0.1, 0.15) is 32.1 Å². The molecule has 3 unspecified atom stereocenters. The van der Waals surface area contributed by atoms with E-state index in [1.165, 1.54) is 25.7 Å². The monoisotopic (exact) mass is 371 g/mol. The molecule has 6 heteroatoms. The Bertz CT molecular complexity index is 687. The molecule has 146 valence electrons. The molecule has 3 fully saturated rings. The maximum atomic E-state index is 12.2. The van der Waals surface area contributed by atoms with Crippen molar-refractivity contribution in [1.29, 1.82) is 0 Å². The average Bonchev–Trinajstić information content (AvgIpc) is 3.32. The van der Waals surface area contributed by atoms with Crippen molar-refractivity contribution < 1.29 is 14.3 Å². The van der Waals surface area contributed by atoms with Gasteiger partial charge in [-0.3, -0.25) is 9.59 Å². The van der Waals surface area contributed by atoms with Crippen LogP contribution in [0.25, 0.3) is 0 Å². The molecule has 1 aliphatic heterocycles. The van der Waals surface area contributed by atoms with E-state index < -0.39 is 11.8 Å². The van der Waals surface area contributed by atoms with Gasteiger partial charge in [-0.15, -0.1) is 0 Å². The van der Waals surface area contributed by atoms with Gasteiger partial charge in [0.1, 0.15) is 0 Å². The summed E-state index contributed by atoms with van der Waals surface area (Å²) in [6, 6.07) is 7.62. The van der Waals surface area contributed by atoms with Gasteiger partial charge in [0.05, 0.1) is 13.2 Å². The van der Waals surface area contributed by atoms with E-state index >= 15 is 0 Å². The van der Waals surface area contributed by atoms with Crippen LogP contribution in [0.2, 0.25) is 0 Å². The summed E-state index contributed by atoms with van der Waals surface area (Å²) >= 11 is 0. The summed E-state index contributed by atoms with van der Waals surface area (Å²) in [6.45, 7) is 3.68. The van der Waals surface area contributed by atoms with Crippen molar-refractivity contribution in [3.8, 4) is 0 Å². The zero-order valence-corrected chi connectivity index (χ0v) is 15.8. The number of hydrogen-bond donors (Lipinski definition) is 2. The lowest BCUT2D eigenvalue weighted by Gasteiger charge is -2.29. The van der Waals surface area contributed by atoms with E-state index in [1.54, 1.807) is 0 Å². The van der Waals surface area contributed by atoms with Gasteiger partial charge in [0.2, 0.25) is 0 Å². The zero-order valence-electron chi connectivity index (χ0n) is 15.8. The lowest BCUT2D eigenvalue weighted by molar-refractivity contribution is -0.136. The molecule has 3 aliphatic rings. The summed E-state index contributed by atoms with van der Waals surface area (Å²) in [7, 11) is 0. The van der Waals surface area contributed by atoms with E-state index in [0.717, 1.165) is 43.0 Å². The quantitative estimate of drug-likeness (QED) is 0.780. The molecule has 2 amide bonds. The number of rotatable bonds is 5. The Morgan fingerprint density at radius 3 is 2.70 bits per heavy atom. The molecule has 2 N–H and O–H groups in total. The van der Waals surface area contributed by atoms with E-state index in [4.69, 9.17) is 4.74 Å². The lowest BCUT2D eigenvalue weighted by Crippen LogP contribution is -2.37. The predicted octanol–water partition coefficient (Wildman–Crippen LogP) is 2.40. The fraction of sp³-hybridized carbons (Fsp3) is 0.619. The minimum Gasteiger partial charge on any atom is -0.378 e. The van der Waals surface area contributed by atoms with Crippen LogP contribution in [0.15, 0.2) is 24.3 Å². The second-order valence-corrected chi connectivity index (χ2v) is 8.08. The van der Waals surface area contributed by atoms with Crippen LogP contribution in [0.4, 0.5) is 11.4 Å². The van der Waals surface area contributed by atoms with Crippen molar-refractivity contribution in [3.63, 3.8) is 0 Å². The van der Waals surface area contributed by atoms with Gasteiger partial charge in [-0.1, -0.05) is 12.5 Å². The van der Waals surface area contributed by atoms with Crippen molar-refractivity contribution in [1.82, 2.24) is 5.32 Å². The van der Waals surface area contributed by atoms with E-state index in [2.05, 4.69) is 15.5 Å². The molecule has 0 spiro atoms. The first-order chi connectivity index (χ1) is 13.2. The van der Waals surface area contributed by atoms with Crippen LogP contribution in [0.5, 0.6) is 0 Å². The van der Waals surface area contributed by atoms with Gasteiger partial charge in [0.25, 0.3) is 0 Å². The van der Waals surface area contributed by atoms with Crippen LogP contribution in [0.3, 0.4) is 0 Å². The minimum atomic E-state index is -0.595.